The van der Waals surface area contributed by atoms with E-state index in [9.17, 15) is 14.4 Å². The number of hydrogen-bond donors (Lipinski definition) is 1. The Morgan fingerprint density at radius 1 is 1.19 bits per heavy atom. The van der Waals surface area contributed by atoms with Gasteiger partial charge < -0.3 is 10.1 Å². The van der Waals surface area contributed by atoms with Gasteiger partial charge in [-0.25, -0.2) is 0 Å². The minimum atomic E-state index is -0.321. The van der Waals surface area contributed by atoms with E-state index in [0.717, 1.165) is 24.5 Å². The van der Waals surface area contributed by atoms with Crippen LogP contribution >= 0.6 is 21.6 Å². The van der Waals surface area contributed by atoms with E-state index < -0.39 is 0 Å². The van der Waals surface area contributed by atoms with Gasteiger partial charge in [0.15, 0.2) is 12.4 Å². The summed E-state index contributed by atoms with van der Waals surface area (Å²) in [6, 6.07) is 6.58. The summed E-state index contributed by atoms with van der Waals surface area (Å²) >= 11 is 0. The van der Waals surface area contributed by atoms with Gasteiger partial charge in [-0.05, 0) is 43.5 Å². The van der Waals surface area contributed by atoms with Crippen LogP contribution in [0.4, 0.5) is 5.69 Å². The van der Waals surface area contributed by atoms with Gasteiger partial charge in [0, 0.05) is 35.1 Å². The SMILES string of the molecule is CCC(=O)Nc1ccc(C(=O)COC(=O)CCCC[C@@H]2CCSS2)cc1. The number of carbonyl (C=O) groups is 3. The molecule has 0 aliphatic carbocycles. The lowest BCUT2D eigenvalue weighted by atomic mass is 10.1. The van der Waals surface area contributed by atoms with E-state index in [0.29, 0.717) is 24.1 Å². The molecule has 1 amide bonds. The van der Waals surface area contributed by atoms with Crippen molar-refractivity contribution in [1.82, 2.24) is 0 Å². The molecule has 0 aromatic heterocycles. The molecular formula is C19H25NO4S2. The summed E-state index contributed by atoms with van der Waals surface area (Å²) < 4.78 is 5.07. The molecule has 0 spiro atoms. The quantitative estimate of drug-likeness (QED) is 0.273. The van der Waals surface area contributed by atoms with Gasteiger partial charge in [0.05, 0.1) is 0 Å². The van der Waals surface area contributed by atoms with Crippen LogP contribution in [0.15, 0.2) is 24.3 Å². The van der Waals surface area contributed by atoms with Gasteiger partial charge in [-0.1, -0.05) is 34.9 Å². The normalized spacial score (nSPS) is 16.3. The van der Waals surface area contributed by atoms with Crippen molar-refractivity contribution in [2.45, 2.75) is 50.7 Å². The highest BCUT2D eigenvalue weighted by molar-refractivity contribution is 8.77. The zero-order chi connectivity index (χ0) is 18.8. The van der Waals surface area contributed by atoms with Crippen molar-refractivity contribution in [2.24, 2.45) is 0 Å². The van der Waals surface area contributed by atoms with Gasteiger partial charge in [-0.15, -0.1) is 0 Å². The van der Waals surface area contributed by atoms with E-state index in [2.05, 4.69) is 5.32 Å². The summed E-state index contributed by atoms with van der Waals surface area (Å²) in [5.41, 5.74) is 1.10. The van der Waals surface area contributed by atoms with Gasteiger partial charge in [0.25, 0.3) is 0 Å². The Bertz CT molecular complexity index is 612. The average molecular weight is 396 g/mol. The Morgan fingerprint density at radius 2 is 1.96 bits per heavy atom. The first-order valence-corrected chi connectivity index (χ1v) is 11.3. The summed E-state index contributed by atoms with van der Waals surface area (Å²) in [6.45, 7) is 1.53. The highest BCUT2D eigenvalue weighted by Gasteiger charge is 2.16. The third kappa shape index (κ3) is 7.41. The Kier molecular flexibility index (Phi) is 9.05. The standard InChI is InChI=1S/C19H25NO4S2/c1-2-18(22)20-15-9-7-14(8-10-15)17(21)13-24-19(23)6-4-3-5-16-11-12-25-26-16/h7-10,16H,2-6,11-13H2,1H3,(H,20,22)/t16-/m1/s1. The van der Waals surface area contributed by atoms with E-state index in [4.69, 9.17) is 4.74 Å². The number of unbranched alkanes of at least 4 members (excludes halogenated alkanes) is 1. The second kappa shape index (κ2) is 11.3. The number of carbonyl (C=O) groups excluding carboxylic acids is 3. The molecule has 1 aliphatic heterocycles. The summed E-state index contributed by atoms with van der Waals surface area (Å²) in [4.78, 5) is 35.1. The number of benzene rings is 1. The molecule has 1 atom stereocenters. The molecular weight excluding hydrogens is 370 g/mol. The Morgan fingerprint density at radius 3 is 2.62 bits per heavy atom. The molecule has 7 heteroatoms. The van der Waals surface area contributed by atoms with Crippen molar-refractivity contribution in [3.63, 3.8) is 0 Å². The van der Waals surface area contributed by atoms with Crippen LogP contribution < -0.4 is 5.32 Å². The predicted molar refractivity (Wildman–Crippen MR) is 108 cm³/mol. The first-order valence-electron chi connectivity index (χ1n) is 8.95. The number of Topliss-reactive ketones (excluding diaryl/α,β-unsaturated/α-hetero) is 1. The molecule has 142 valence electrons. The third-order valence-corrected chi connectivity index (χ3v) is 7.07. The number of esters is 1. The Hall–Kier alpha value is -1.47. The molecule has 1 saturated heterocycles. The van der Waals surface area contributed by atoms with Gasteiger partial charge >= 0.3 is 5.97 Å². The third-order valence-electron chi connectivity index (χ3n) is 4.06. The molecule has 1 N–H and O–H groups in total. The molecule has 0 saturated carbocycles. The van der Waals surface area contributed by atoms with E-state index in [1.165, 1.54) is 12.2 Å². The zero-order valence-electron chi connectivity index (χ0n) is 15.0. The highest BCUT2D eigenvalue weighted by Crippen LogP contribution is 2.39. The Labute approximate surface area is 162 Å². The number of hydrogen-bond acceptors (Lipinski definition) is 6. The lowest BCUT2D eigenvalue weighted by molar-refractivity contribution is -0.142. The topological polar surface area (TPSA) is 72.5 Å². The van der Waals surface area contributed by atoms with Crippen LogP contribution in [0, 0.1) is 0 Å². The number of rotatable bonds is 10. The second-order valence-corrected chi connectivity index (χ2v) is 8.93. The molecule has 5 nitrogen and oxygen atoms in total. The number of ketones is 1. The van der Waals surface area contributed by atoms with Crippen molar-refractivity contribution in [2.75, 3.05) is 17.7 Å². The van der Waals surface area contributed by atoms with Crippen LogP contribution in [0.2, 0.25) is 0 Å². The smallest absolute Gasteiger partial charge is 0.306 e. The van der Waals surface area contributed by atoms with Crippen LogP contribution in [0.5, 0.6) is 0 Å². The molecule has 0 bridgehead atoms. The van der Waals surface area contributed by atoms with Crippen LogP contribution in [-0.2, 0) is 14.3 Å². The van der Waals surface area contributed by atoms with Gasteiger partial charge in [0.2, 0.25) is 5.91 Å². The zero-order valence-corrected chi connectivity index (χ0v) is 16.6. The molecule has 26 heavy (non-hydrogen) atoms. The van der Waals surface area contributed by atoms with Crippen molar-refractivity contribution >= 4 is 44.9 Å². The molecule has 0 unspecified atom stereocenters. The first-order chi connectivity index (χ1) is 12.6. The minimum Gasteiger partial charge on any atom is -0.457 e. The van der Waals surface area contributed by atoms with Crippen molar-refractivity contribution in [1.29, 1.82) is 0 Å². The second-order valence-electron chi connectivity index (χ2n) is 6.14. The molecule has 1 aliphatic rings. The maximum Gasteiger partial charge on any atom is 0.306 e. The van der Waals surface area contributed by atoms with E-state index in [-0.39, 0.29) is 24.3 Å². The number of nitrogens with one attached hydrogen (secondary N) is 1. The maximum absolute atomic E-state index is 12.1. The molecule has 0 radical (unpaired) electrons. The van der Waals surface area contributed by atoms with Gasteiger partial charge in [-0.3, -0.25) is 14.4 Å². The fourth-order valence-electron chi connectivity index (χ4n) is 2.50. The Balaban J connectivity index is 1.63. The van der Waals surface area contributed by atoms with Crippen LogP contribution in [0.1, 0.15) is 55.8 Å². The van der Waals surface area contributed by atoms with E-state index in [1.807, 2.05) is 21.6 Å². The molecule has 1 fully saturated rings. The molecule has 1 heterocycles. The maximum atomic E-state index is 12.1. The van der Waals surface area contributed by atoms with Crippen LogP contribution in [-0.4, -0.2) is 35.3 Å². The molecule has 1 aromatic rings. The summed E-state index contributed by atoms with van der Waals surface area (Å²) in [5.74, 6) is 0.582. The van der Waals surface area contributed by atoms with Gasteiger partial charge in [0.1, 0.15) is 0 Å². The van der Waals surface area contributed by atoms with Crippen molar-refractivity contribution in [3.05, 3.63) is 29.8 Å². The largest absolute Gasteiger partial charge is 0.457 e. The van der Waals surface area contributed by atoms with Crippen LogP contribution in [0.3, 0.4) is 0 Å². The fourth-order valence-corrected chi connectivity index (χ4v) is 5.52. The monoisotopic (exact) mass is 395 g/mol. The number of ether oxygens (including phenoxy) is 1. The fraction of sp³-hybridized carbons (Fsp3) is 0.526. The lowest BCUT2D eigenvalue weighted by Gasteiger charge is -2.08. The molecule has 2 rings (SSSR count). The summed E-state index contributed by atoms with van der Waals surface area (Å²) in [7, 11) is 3.88. The molecule has 1 aromatic carbocycles. The first kappa shape index (κ1) is 20.8. The van der Waals surface area contributed by atoms with Crippen molar-refractivity contribution < 1.29 is 19.1 Å². The van der Waals surface area contributed by atoms with E-state index in [1.54, 1.807) is 31.2 Å². The number of amides is 1. The van der Waals surface area contributed by atoms with Crippen molar-refractivity contribution in [3.8, 4) is 0 Å². The highest BCUT2D eigenvalue weighted by atomic mass is 33.1. The minimum absolute atomic E-state index is 0.0803. The van der Waals surface area contributed by atoms with Crippen LogP contribution in [0.25, 0.3) is 0 Å². The summed E-state index contributed by atoms with van der Waals surface area (Å²) in [5, 5.41) is 3.44. The summed E-state index contributed by atoms with van der Waals surface area (Å²) in [6.07, 6.45) is 4.99. The lowest BCUT2D eigenvalue weighted by Crippen LogP contribution is -2.14. The predicted octanol–water partition coefficient (Wildman–Crippen LogP) is 4.48. The number of anilines is 1. The average Bonchev–Trinajstić information content (AvgIpc) is 3.17. The van der Waals surface area contributed by atoms with Gasteiger partial charge in [-0.2, -0.15) is 0 Å². The van der Waals surface area contributed by atoms with E-state index >= 15 is 0 Å².